The second-order valence-electron chi connectivity index (χ2n) is 8.09. The lowest BCUT2D eigenvalue weighted by molar-refractivity contribution is -0.147. The second kappa shape index (κ2) is 5.55. The molecule has 1 aromatic carbocycles. The molecule has 6 nitrogen and oxygen atoms in total. The van der Waals surface area contributed by atoms with Gasteiger partial charge in [0.2, 0.25) is 11.8 Å². The maximum Gasteiger partial charge on any atom is 0.250 e. The van der Waals surface area contributed by atoms with E-state index >= 15 is 0 Å². The van der Waals surface area contributed by atoms with Crippen molar-refractivity contribution < 1.29 is 14.4 Å². The zero-order valence-corrected chi connectivity index (χ0v) is 16.1. The van der Waals surface area contributed by atoms with E-state index in [9.17, 15) is 14.4 Å². The van der Waals surface area contributed by atoms with E-state index in [4.69, 9.17) is 11.6 Å². The summed E-state index contributed by atoms with van der Waals surface area (Å²) < 4.78 is 0. The highest BCUT2D eigenvalue weighted by Gasteiger charge is 2.74. The Hall–Kier alpha value is -1.92. The van der Waals surface area contributed by atoms with Crippen molar-refractivity contribution in [3.8, 4) is 0 Å². The van der Waals surface area contributed by atoms with Crippen molar-refractivity contribution >= 4 is 35.0 Å². The predicted octanol–water partition coefficient (Wildman–Crippen LogP) is 2.37. The molecule has 0 saturated carbocycles. The maximum atomic E-state index is 13.5. The normalized spacial score (nSPS) is 35.6. The van der Waals surface area contributed by atoms with E-state index in [1.807, 2.05) is 26.0 Å². The molecule has 1 N–H and O–H groups in total. The fraction of sp³-hybridized carbons (Fsp3) is 0.550. The van der Waals surface area contributed by atoms with Crippen LogP contribution in [-0.2, 0) is 19.9 Å². The summed E-state index contributed by atoms with van der Waals surface area (Å²) in [7, 11) is 0. The molecular formula is C20H22ClN3O3. The summed E-state index contributed by atoms with van der Waals surface area (Å²) in [6.45, 7) is 4.57. The van der Waals surface area contributed by atoms with Crippen LogP contribution in [0, 0.1) is 11.8 Å². The first-order valence-electron chi connectivity index (χ1n) is 9.68. The first-order valence-corrected chi connectivity index (χ1v) is 10.1. The van der Waals surface area contributed by atoms with Crippen molar-refractivity contribution in [3.05, 3.63) is 28.8 Å². The molecule has 142 valence electrons. The number of halogens is 1. The minimum absolute atomic E-state index is 0.0730. The van der Waals surface area contributed by atoms with Gasteiger partial charge in [-0.3, -0.25) is 24.2 Å². The molecule has 3 fully saturated rings. The van der Waals surface area contributed by atoms with E-state index in [2.05, 4.69) is 10.2 Å². The highest BCUT2D eigenvalue weighted by molar-refractivity contribution is 6.35. The van der Waals surface area contributed by atoms with Crippen LogP contribution < -0.4 is 5.32 Å². The number of nitrogens with one attached hydrogen (secondary N) is 1. The molecule has 1 spiro atoms. The van der Waals surface area contributed by atoms with Crippen molar-refractivity contribution in [1.82, 2.24) is 9.80 Å². The Balaban J connectivity index is 1.74. The average Bonchev–Trinajstić information content (AvgIpc) is 3.34. The molecule has 0 aliphatic carbocycles. The minimum Gasteiger partial charge on any atom is -0.323 e. The van der Waals surface area contributed by atoms with Gasteiger partial charge in [-0.05, 0) is 38.8 Å². The number of fused-ring (bicyclic) bond motifs is 7. The summed E-state index contributed by atoms with van der Waals surface area (Å²) in [5.74, 6) is -1.68. The van der Waals surface area contributed by atoms with Gasteiger partial charge in [0.1, 0.15) is 5.54 Å². The van der Waals surface area contributed by atoms with Crippen LogP contribution in [0.1, 0.15) is 38.7 Å². The van der Waals surface area contributed by atoms with E-state index in [-0.39, 0.29) is 29.8 Å². The Morgan fingerprint density at radius 2 is 2.07 bits per heavy atom. The predicted molar refractivity (Wildman–Crippen MR) is 100 cm³/mol. The second-order valence-corrected chi connectivity index (χ2v) is 8.50. The molecule has 5 rings (SSSR count). The molecule has 4 heterocycles. The Morgan fingerprint density at radius 3 is 2.81 bits per heavy atom. The zero-order chi connectivity index (χ0) is 19.1. The number of nitrogens with zero attached hydrogens (tertiary/aromatic N) is 2. The van der Waals surface area contributed by atoms with Crippen LogP contribution in [0.15, 0.2) is 18.2 Å². The Morgan fingerprint density at radius 1 is 1.30 bits per heavy atom. The maximum absolute atomic E-state index is 13.5. The SMILES string of the molecule is CC[C@@H](C)N1C(=O)[C@H]2[C@@H](C1=O)[C@]1(C(=O)Nc3c(Cl)cccc31)N1CCC[C@@H]21. The molecule has 4 aliphatic rings. The Bertz CT molecular complexity index is 887. The third-order valence-corrected chi connectivity index (χ3v) is 7.36. The van der Waals surface area contributed by atoms with Crippen LogP contribution in [0.3, 0.4) is 0 Å². The summed E-state index contributed by atoms with van der Waals surface area (Å²) in [4.78, 5) is 43.7. The lowest BCUT2D eigenvalue weighted by Crippen LogP contribution is -2.54. The molecule has 4 aliphatic heterocycles. The third-order valence-electron chi connectivity index (χ3n) is 7.04. The molecule has 0 unspecified atom stereocenters. The quantitative estimate of drug-likeness (QED) is 0.791. The molecule has 5 atom stereocenters. The Labute approximate surface area is 162 Å². The number of carbonyl (C=O) groups excluding carboxylic acids is 3. The molecule has 3 amide bonds. The molecule has 0 aromatic heterocycles. The smallest absolute Gasteiger partial charge is 0.250 e. The van der Waals surface area contributed by atoms with Gasteiger partial charge in [0.25, 0.3) is 5.91 Å². The van der Waals surface area contributed by atoms with E-state index in [1.165, 1.54) is 4.90 Å². The van der Waals surface area contributed by atoms with Crippen LogP contribution >= 0.6 is 11.6 Å². The largest absolute Gasteiger partial charge is 0.323 e. The van der Waals surface area contributed by atoms with Crippen LogP contribution in [0.4, 0.5) is 5.69 Å². The Kier molecular flexibility index (Phi) is 3.53. The average molecular weight is 388 g/mol. The zero-order valence-electron chi connectivity index (χ0n) is 15.4. The van der Waals surface area contributed by atoms with Gasteiger partial charge in [-0.15, -0.1) is 0 Å². The monoisotopic (exact) mass is 387 g/mol. The fourth-order valence-corrected chi connectivity index (χ4v) is 6.06. The van der Waals surface area contributed by atoms with E-state index in [0.717, 1.165) is 18.4 Å². The molecule has 1 aromatic rings. The number of carbonyl (C=O) groups is 3. The van der Waals surface area contributed by atoms with E-state index < -0.39 is 17.4 Å². The van der Waals surface area contributed by atoms with Crippen molar-refractivity contribution in [1.29, 1.82) is 0 Å². The molecule has 0 bridgehead atoms. The van der Waals surface area contributed by atoms with Crippen LogP contribution in [0.5, 0.6) is 0 Å². The van der Waals surface area contributed by atoms with Gasteiger partial charge in [-0.25, -0.2) is 0 Å². The van der Waals surface area contributed by atoms with E-state index in [0.29, 0.717) is 23.7 Å². The van der Waals surface area contributed by atoms with Crippen molar-refractivity contribution in [2.45, 2.75) is 50.7 Å². The number of para-hydroxylation sites is 1. The van der Waals surface area contributed by atoms with Gasteiger partial charge in [0.15, 0.2) is 0 Å². The van der Waals surface area contributed by atoms with Gasteiger partial charge in [-0.1, -0.05) is 30.7 Å². The van der Waals surface area contributed by atoms with Gasteiger partial charge < -0.3 is 5.32 Å². The van der Waals surface area contributed by atoms with Gasteiger partial charge in [0.05, 0.1) is 22.5 Å². The molecule has 27 heavy (non-hydrogen) atoms. The minimum atomic E-state index is -1.12. The van der Waals surface area contributed by atoms with Gasteiger partial charge in [-0.2, -0.15) is 0 Å². The number of hydrogen-bond acceptors (Lipinski definition) is 4. The number of amides is 3. The van der Waals surface area contributed by atoms with Crippen molar-refractivity contribution in [3.63, 3.8) is 0 Å². The van der Waals surface area contributed by atoms with Crippen molar-refractivity contribution in [2.75, 3.05) is 11.9 Å². The number of anilines is 1. The third kappa shape index (κ3) is 1.83. The lowest BCUT2D eigenvalue weighted by Gasteiger charge is -2.37. The number of benzene rings is 1. The van der Waals surface area contributed by atoms with Crippen LogP contribution in [0.2, 0.25) is 5.02 Å². The van der Waals surface area contributed by atoms with Gasteiger partial charge >= 0.3 is 0 Å². The summed E-state index contributed by atoms with van der Waals surface area (Å²) in [5.41, 5.74) is 0.199. The summed E-state index contributed by atoms with van der Waals surface area (Å²) in [5, 5.41) is 3.39. The number of likely N-dealkylation sites (tertiary alicyclic amines) is 1. The fourth-order valence-electron chi connectivity index (χ4n) is 5.83. The van der Waals surface area contributed by atoms with Crippen molar-refractivity contribution in [2.24, 2.45) is 11.8 Å². The van der Waals surface area contributed by atoms with E-state index in [1.54, 1.807) is 6.07 Å². The standard InChI is InChI=1S/C20H22ClN3O3/c1-3-10(2)24-17(25)14-13-8-5-9-23(13)20(15(14)18(24)26)11-6-4-7-12(21)16(11)22-19(20)27/h4,6-7,10,13-15H,3,5,8-9H2,1-2H3,(H,22,27)/t10-,13+,14-,15+,20-/m1/s1. The highest BCUT2D eigenvalue weighted by atomic mass is 35.5. The lowest BCUT2D eigenvalue weighted by atomic mass is 9.75. The number of imide groups is 1. The summed E-state index contributed by atoms with van der Waals surface area (Å²) in [6.07, 6.45) is 2.45. The van der Waals surface area contributed by atoms with Crippen LogP contribution in [-0.4, -0.2) is 46.1 Å². The molecule has 0 radical (unpaired) electrons. The first kappa shape index (κ1) is 17.2. The molecule has 7 heteroatoms. The summed E-state index contributed by atoms with van der Waals surface area (Å²) in [6, 6.07) is 5.19. The van der Waals surface area contributed by atoms with Crippen LogP contribution in [0.25, 0.3) is 0 Å². The van der Waals surface area contributed by atoms with Gasteiger partial charge in [0, 0.05) is 17.6 Å². The highest BCUT2D eigenvalue weighted by Crippen LogP contribution is 2.61. The topological polar surface area (TPSA) is 69.7 Å². The first-order chi connectivity index (χ1) is 12.9. The summed E-state index contributed by atoms with van der Waals surface area (Å²) >= 11 is 6.35. The number of hydrogen-bond donors (Lipinski definition) is 1. The molecule has 3 saturated heterocycles. The number of rotatable bonds is 2. The molecular weight excluding hydrogens is 366 g/mol.